The first-order valence-corrected chi connectivity index (χ1v) is 12.7. The maximum atomic E-state index is 13.9. The van der Waals surface area contributed by atoms with Gasteiger partial charge in [-0.3, -0.25) is 9.59 Å². The number of sulfonamides is 1. The number of carbonyl (C=O) groups excluding carboxylic acids is 2. The number of nitrogens with two attached hydrogens (primary N) is 1. The standard InChI is InChI=1S/C27H24N4O5S/c1-17(32)30-20-10-14-22(15-11-20)37(34,35)31-25(26(33)19-6-4-3-5-7-19)24(23(16-28)27(31)29)18-8-12-21(36-2)13-9-18/h3-15,24-25H,29H2,1-2H3,(H,30,32). The van der Waals surface area contributed by atoms with Crippen molar-refractivity contribution in [3.8, 4) is 11.8 Å². The molecule has 37 heavy (non-hydrogen) atoms. The molecule has 0 aromatic heterocycles. The zero-order chi connectivity index (χ0) is 26.7. The Balaban J connectivity index is 1.87. The molecule has 3 aromatic rings. The molecule has 2 atom stereocenters. The van der Waals surface area contributed by atoms with Gasteiger partial charge in [-0.2, -0.15) is 5.26 Å². The predicted molar refractivity (Wildman–Crippen MR) is 137 cm³/mol. The highest BCUT2D eigenvalue weighted by Crippen LogP contribution is 2.44. The number of hydrogen-bond acceptors (Lipinski definition) is 7. The minimum atomic E-state index is -4.39. The van der Waals surface area contributed by atoms with Gasteiger partial charge in [0.15, 0.2) is 5.78 Å². The van der Waals surface area contributed by atoms with Crippen molar-refractivity contribution >= 4 is 27.4 Å². The van der Waals surface area contributed by atoms with Gasteiger partial charge in [0.05, 0.1) is 29.6 Å². The van der Waals surface area contributed by atoms with Crippen LogP contribution in [0.4, 0.5) is 5.69 Å². The van der Waals surface area contributed by atoms with Crippen molar-refractivity contribution in [1.82, 2.24) is 4.31 Å². The third kappa shape index (κ3) is 4.77. The number of rotatable bonds is 7. The summed E-state index contributed by atoms with van der Waals surface area (Å²) >= 11 is 0. The second-order valence-corrected chi connectivity index (χ2v) is 10.2. The zero-order valence-corrected chi connectivity index (χ0v) is 20.9. The quantitative estimate of drug-likeness (QED) is 0.458. The van der Waals surface area contributed by atoms with E-state index in [1.165, 1.54) is 38.3 Å². The van der Waals surface area contributed by atoms with Crippen LogP contribution >= 0.6 is 0 Å². The number of ketones is 1. The van der Waals surface area contributed by atoms with E-state index in [9.17, 15) is 23.3 Å². The van der Waals surface area contributed by atoms with Crippen LogP contribution in [0.5, 0.6) is 5.75 Å². The number of anilines is 1. The minimum absolute atomic E-state index is 0.0297. The summed E-state index contributed by atoms with van der Waals surface area (Å²) in [5.74, 6) is -1.52. The molecule has 1 amide bonds. The van der Waals surface area contributed by atoms with Crippen LogP contribution in [0.15, 0.2) is 95.2 Å². The average molecular weight is 517 g/mol. The summed E-state index contributed by atoms with van der Waals surface area (Å²) in [5.41, 5.74) is 7.50. The second-order valence-electron chi connectivity index (χ2n) is 8.34. The number of nitrogens with one attached hydrogen (secondary N) is 1. The van der Waals surface area contributed by atoms with E-state index in [1.807, 2.05) is 6.07 Å². The number of nitrogens with zero attached hydrogens (tertiary/aromatic N) is 2. The predicted octanol–water partition coefficient (Wildman–Crippen LogP) is 3.39. The van der Waals surface area contributed by atoms with Gasteiger partial charge in [0.25, 0.3) is 10.0 Å². The van der Waals surface area contributed by atoms with Crippen LogP contribution in [0, 0.1) is 11.3 Å². The minimum Gasteiger partial charge on any atom is -0.497 e. The Morgan fingerprint density at radius 1 is 1.00 bits per heavy atom. The molecule has 3 aromatic carbocycles. The van der Waals surface area contributed by atoms with Crippen LogP contribution in [0.2, 0.25) is 0 Å². The highest BCUT2D eigenvalue weighted by atomic mass is 32.2. The van der Waals surface area contributed by atoms with E-state index in [-0.39, 0.29) is 27.8 Å². The Hall–Kier alpha value is -4.62. The van der Waals surface area contributed by atoms with Crippen LogP contribution in [0.1, 0.15) is 28.8 Å². The Labute approximate surface area is 214 Å². The molecule has 1 heterocycles. The van der Waals surface area contributed by atoms with Crippen LogP contribution in [-0.4, -0.2) is 37.6 Å². The number of benzene rings is 3. The van der Waals surface area contributed by atoms with Crippen LogP contribution in [0.25, 0.3) is 0 Å². The Morgan fingerprint density at radius 2 is 1.62 bits per heavy atom. The molecule has 0 saturated heterocycles. The molecule has 2 unspecified atom stereocenters. The zero-order valence-electron chi connectivity index (χ0n) is 20.1. The molecule has 1 aliphatic heterocycles. The third-order valence-corrected chi connectivity index (χ3v) is 7.86. The lowest BCUT2D eigenvalue weighted by molar-refractivity contribution is -0.114. The molecular weight excluding hydrogens is 492 g/mol. The summed E-state index contributed by atoms with van der Waals surface area (Å²) < 4.78 is 33.9. The van der Waals surface area contributed by atoms with Gasteiger partial charge >= 0.3 is 0 Å². The molecular formula is C27H24N4O5S. The molecule has 0 saturated carbocycles. The van der Waals surface area contributed by atoms with Gasteiger partial charge in [-0.1, -0.05) is 42.5 Å². The molecule has 1 aliphatic rings. The average Bonchev–Trinajstić information content (AvgIpc) is 3.21. The summed E-state index contributed by atoms with van der Waals surface area (Å²) in [6.45, 7) is 1.34. The normalized spacial score (nSPS) is 17.3. The van der Waals surface area contributed by atoms with Gasteiger partial charge < -0.3 is 15.8 Å². The number of nitriles is 1. The number of Topliss-reactive ketones (excluding diaryl/α,β-unsaturated/α-hetero) is 1. The van der Waals surface area contributed by atoms with Crippen LogP contribution < -0.4 is 15.8 Å². The molecule has 188 valence electrons. The highest BCUT2D eigenvalue weighted by molar-refractivity contribution is 7.89. The fourth-order valence-corrected chi connectivity index (χ4v) is 5.93. The fraction of sp³-hybridized carbons (Fsp3) is 0.148. The van der Waals surface area contributed by atoms with Crippen molar-refractivity contribution in [2.75, 3.05) is 12.4 Å². The molecule has 0 aliphatic carbocycles. The van der Waals surface area contributed by atoms with Gasteiger partial charge in [0.1, 0.15) is 17.6 Å². The smallest absolute Gasteiger partial charge is 0.266 e. The van der Waals surface area contributed by atoms with E-state index in [0.29, 0.717) is 17.0 Å². The Bertz CT molecular complexity index is 1510. The van der Waals surface area contributed by atoms with Crippen molar-refractivity contribution in [3.63, 3.8) is 0 Å². The van der Waals surface area contributed by atoms with E-state index in [1.54, 1.807) is 54.6 Å². The van der Waals surface area contributed by atoms with Gasteiger partial charge in [0, 0.05) is 18.2 Å². The molecule has 9 nitrogen and oxygen atoms in total. The maximum absolute atomic E-state index is 13.9. The molecule has 3 N–H and O–H groups in total. The summed E-state index contributed by atoms with van der Waals surface area (Å²) in [7, 11) is -2.88. The van der Waals surface area contributed by atoms with Crippen molar-refractivity contribution in [3.05, 3.63) is 101 Å². The summed E-state index contributed by atoms with van der Waals surface area (Å²) in [6, 6.07) is 21.1. The number of carbonyl (C=O) groups is 2. The number of ether oxygens (including phenoxy) is 1. The van der Waals surface area contributed by atoms with Crippen molar-refractivity contribution in [2.24, 2.45) is 5.73 Å². The Kier molecular flexibility index (Phi) is 7.00. The van der Waals surface area contributed by atoms with E-state index >= 15 is 0 Å². The SMILES string of the molecule is COc1ccc(C2C(C#N)=C(N)N(S(=O)(=O)c3ccc(NC(C)=O)cc3)C2C(=O)c2ccccc2)cc1. The molecule has 10 heteroatoms. The first-order valence-electron chi connectivity index (χ1n) is 11.2. The van der Waals surface area contributed by atoms with E-state index in [0.717, 1.165) is 4.31 Å². The maximum Gasteiger partial charge on any atom is 0.266 e. The molecule has 4 rings (SSSR count). The molecule has 0 radical (unpaired) electrons. The first kappa shape index (κ1) is 25.5. The first-order chi connectivity index (χ1) is 17.7. The highest BCUT2D eigenvalue weighted by Gasteiger charge is 2.50. The summed E-state index contributed by atoms with van der Waals surface area (Å²) in [6.07, 6.45) is 0. The topological polar surface area (TPSA) is 143 Å². The number of amides is 1. The summed E-state index contributed by atoms with van der Waals surface area (Å²) in [4.78, 5) is 25.0. The van der Waals surface area contributed by atoms with E-state index in [4.69, 9.17) is 10.5 Å². The number of hydrogen-bond donors (Lipinski definition) is 2. The van der Waals surface area contributed by atoms with Gasteiger partial charge in [0.2, 0.25) is 5.91 Å². The van der Waals surface area contributed by atoms with Crippen molar-refractivity contribution in [2.45, 2.75) is 23.8 Å². The van der Waals surface area contributed by atoms with Crippen LogP contribution in [-0.2, 0) is 14.8 Å². The molecule has 0 bridgehead atoms. The molecule has 0 spiro atoms. The lowest BCUT2D eigenvalue weighted by atomic mass is 9.84. The monoisotopic (exact) mass is 516 g/mol. The summed E-state index contributed by atoms with van der Waals surface area (Å²) in [5, 5.41) is 12.6. The van der Waals surface area contributed by atoms with Crippen LogP contribution in [0.3, 0.4) is 0 Å². The number of methoxy groups -OCH3 is 1. The van der Waals surface area contributed by atoms with E-state index in [2.05, 4.69) is 5.32 Å². The lowest BCUT2D eigenvalue weighted by Gasteiger charge is -2.29. The van der Waals surface area contributed by atoms with Gasteiger partial charge in [-0.05, 0) is 42.0 Å². The van der Waals surface area contributed by atoms with E-state index < -0.39 is 27.8 Å². The Morgan fingerprint density at radius 3 is 2.16 bits per heavy atom. The third-order valence-electron chi connectivity index (χ3n) is 6.05. The molecule has 0 fully saturated rings. The second kappa shape index (κ2) is 10.2. The van der Waals surface area contributed by atoms with Gasteiger partial charge in [-0.15, -0.1) is 0 Å². The fourth-order valence-electron chi connectivity index (χ4n) is 4.35. The lowest BCUT2D eigenvalue weighted by Crippen LogP contribution is -2.45. The van der Waals surface area contributed by atoms with Gasteiger partial charge in [-0.25, -0.2) is 12.7 Å². The largest absolute Gasteiger partial charge is 0.497 e. The van der Waals surface area contributed by atoms with Crippen molar-refractivity contribution < 1.29 is 22.7 Å². The van der Waals surface area contributed by atoms with Crippen molar-refractivity contribution in [1.29, 1.82) is 5.26 Å².